The molecule has 2 aromatic heterocycles. The Labute approximate surface area is 146 Å². The third-order valence-corrected chi connectivity index (χ3v) is 4.26. The summed E-state index contributed by atoms with van der Waals surface area (Å²) in [6.07, 6.45) is 3.02. The number of carbonyl (C=O) groups excluding carboxylic acids is 1. The summed E-state index contributed by atoms with van der Waals surface area (Å²) in [6, 6.07) is 2.65. The summed E-state index contributed by atoms with van der Waals surface area (Å²) in [5, 5.41) is 15.1. The Morgan fingerprint density at radius 3 is 2.88 bits per heavy atom. The second kappa shape index (κ2) is 7.60. The van der Waals surface area contributed by atoms with Gasteiger partial charge in [0.25, 0.3) is 5.91 Å². The minimum Gasteiger partial charge on any atom is -0.342 e. The Hall–Kier alpha value is -2.48. The minimum absolute atomic E-state index is 0.223. The molecule has 0 aliphatic carbocycles. The number of nitrogens with zero attached hydrogens (tertiary/aromatic N) is 3. The Morgan fingerprint density at radius 1 is 1.32 bits per heavy atom. The Kier molecular flexibility index (Phi) is 5.28. The maximum absolute atomic E-state index is 12.6. The fourth-order valence-electron chi connectivity index (χ4n) is 3.05. The Bertz CT molecular complexity index is 774. The lowest BCUT2D eigenvalue weighted by Gasteiger charge is -2.21. The number of pyridine rings is 1. The van der Waals surface area contributed by atoms with Crippen LogP contribution in [0.4, 0.5) is 0 Å². The molecule has 25 heavy (non-hydrogen) atoms. The van der Waals surface area contributed by atoms with E-state index in [1.54, 1.807) is 0 Å². The van der Waals surface area contributed by atoms with Crippen LogP contribution in [0.15, 0.2) is 23.1 Å². The molecule has 0 saturated heterocycles. The standard InChI is InChI=1S/C17H24N6O2/c1-11(2)9-13(20-17(25)12-3-4-15(24)19-10-12)16-22-21-14-5-6-18-7-8-23(14)16/h3-4,10-11,13,18H,5-9H2,1-2H3,(H,19,24)(H,20,25). The van der Waals surface area contributed by atoms with Crippen molar-refractivity contribution in [2.24, 2.45) is 5.92 Å². The summed E-state index contributed by atoms with van der Waals surface area (Å²) in [5.74, 6) is 1.90. The maximum atomic E-state index is 12.6. The highest BCUT2D eigenvalue weighted by Crippen LogP contribution is 2.22. The number of hydrogen-bond donors (Lipinski definition) is 3. The van der Waals surface area contributed by atoms with Gasteiger partial charge in [-0.15, -0.1) is 10.2 Å². The van der Waals surface area contributed by atoms with E-state index in [-0.39, 0.29) is 17.5 Å². The van der Waals surface area contributed by atoms with Crippen LogP contribution in [-0.4, -0.2) is 38.7 Å². The Balaban J connectivity index is 1.85. The monoisotopic (exact) mass is 344 g/mol. The SMILES string of the molecule is CC(C)CC(NC(=O)c1ccc(=O)[nH]c1)c1nnc2n1CCNCC2. The van der Waals surface area contributed by atoms with Gasteiger partial charge in [-0.2, -0.15) is 0 Å². The lowest BCUT2D eigenvalue weighted by Crippen LogP contribution is -2.32. The predicted octanol–water partition coefficient (Wildman–Crippen LogP) is 0.629. The molecule has 1 amide bonds. The third kappa shape index (κ3) is 4.14. The zero-order valence-corrected chi connectivity index (χ0v) is 14.6. The van der Waals surface area contributed by atoms with Crippen molar-refractivity contribution in [1.29, 1.82) is 0 Å². The fraction of sp³-hybridized carbons (Fsp3) is 0.529. The molecule has 3 N–H and O–H groups in total. The van der Waals surface area contributed by atoms with Crippen molar-refractivity contribution in [3.05, 3.63) is 45.9 Å². The molecule has 1 aliphatic heterocycles. The summed E-state index contributed by atoms with van der Waals surface area (Å²) < 4.78 is 2.11. The molecule has 1 unspecified atom stereocenters. The van der Waals surface area contributed by atoms with E-state index >= 15 is 0 Å². The van der Waals surface area contributed by atoms with E-state index in [2.05, 4.69) is 44.2 Å². The van der Waals surface area contributed by atoms with Crippen LogP contribution in [-0.2, 0) is 13.0 Å². The summed E-state index contributed by atoms with van der Waals surface area (Å²) in [7, 11) is 0. The Morgan fingerprint density at radius 2 is 2.16 bits per heavy atom. The van der Waals surface area contributed by atoms with Gasteiger partial charge in [-0.05, 0) is 18.4 Å². The molecule has 3 rings (SSSR count). The molecule has 134 valence electrons. The van der Waals surface area contributed by atoms with E-state index in [1.807, 2.05) is 0 Å². The second-order valence-corrected chi connectivity index (χ2v) is 6.72. The van der Waals surface area contributed by atoms with Gasteiger partial charge in [-0.1, -0.05) is 13.8 Å². The van der Waals surface area contributed by atoms with Gasteiger partial charge in [0.05, 0.1) is 11.6 Å². The van der Waals surface area contributed by atoms with Crippen molar-refractivity contribution < 1.29 is 4.79 Å². The molecule has 1 aliphatic rings. The van der Waals surface area contributed by atoms with E-state index in [0.717, 1.165) is 44.1 Å². The molecule has 0 radical (unpaired) electrons. The van der Waals surface area contributed by atoms with E-state index < -0.39 is 0 Å². The highest BCUT2D eigenvalue weighted by Gasteiger charge is 2.25. The van der Waals surface area contributed by atoms with Crippen LogP contribution in [0.2, 0.25) is 0 Å². The van der Waals surface area contributed by atoms with E-state index in [9.17, 15) is 9.59 Å². The predicted molar refractivity (Wildman–Crippen MR) is 93.3 cm³/mol. The van der Waals surface area contributed by atoms with Crippen molar-refractivity contribution in [2.45, 2.75) is 39.3 Å². The average molecular weight is 344 g/mol. The van der Waals surface area contributed by atoms with Crippen LogP contribution >= 0.6 is 0 Å². The summed E-state index contributed by atoms with van der Waals surface area (Å²) in [5.41, 5.74) is 0.191. The normalized spacial score (nSPS) is 15.5. The van der Waals surface area contributed by atoms with Crippen LogP contribution in [0.25, 0.3) is 0 Å². The van der Waals surface area contributed by atoms with Crippen molar-refractivity contribution in [2.75, 3.05) is 13.1 Å². The van der Waals surface area contributed by atoms with Crippen molar-refractivity contribution in [3.63, 3.8) is 0 Å². The molecule has 3 heterocycles. The van der Waals surface area contributed by atoms with Gasteiger partial charge >= 0.3 is 0 Å². The second-order valence-electron chi connectivity index (χ2n) is 6.72. The number of fused-ring (bicyclic) bond motifs is 1. The zero-order chi connectivity index (χ0) is 17.8. The molecule has 0 bridgehead atoms. The van der Waals surface area contributed by atoms with Gasteiger partial charge in [0.2, 0.25) is 5.56 Å². The smallest absolute Gasteiger partial charge is 0.253 e. The van der Waals surface area contributed by atoms with E-state index in [1.165, 1.54) is 18.3 Å². The molecular weight excluding hydrogens is 320 g/mol. The molecule has 0 spiro atoms. The van der Waals surface area contributed by atoms with Crippen molar-refractivity contribution in [3.8, 4) is 0 Å². The van der Waals surface area contributed by atoms with Crippen molar-refractivity contribution in [1.82, 2.24) is 30.4 Å². The number of amides is 1. The fourth-order valence-corrected chi connectivity index (χ4v) is 3.05. The van der Waals surface area contributed by atoms with Gasteiger partial charge in [0.1, 0.15) is 5.82 Å². The van der Waals surface area contributed by atoms with Crippen LogP contribution in [0, 0.1) is 5.92 Å². The van der Waals surface area contributed by atoms with E-state index in [0.29, 0.717) is 11.5 Å². The molecule has 1 atom stereocenters. The number of rotatable bonds is 5. The first-order valence-electron chi connectivity index (χ1n) is 8.67. The van der Waals surface area contributed by atoms with Gasteiger partial charge in [-0.3, -0.25) is 9.59 Å². The molecule has 0 aromatic carbocycles. The molecule has 8 nitrogen and oxygen atoms in total. The number of aromatic amines is 1. The quantitative estimate of drug-likeness (QED) is 0.738. The van der Waals surface area contributed by atoms with Crippen molar-refractivity contribution >= 4 is 5.91 Å². The number of carbonyl (C=O) groups is 1. The molecular formula is C17H24N6O2. The maximum Gasteiger partial charge on any atom is 0.253 e. The van der Waals surface area contributed by atoms with Crippen LogP contribution in [0.5, 0.6) is 0 Å². The lowest BCUT2D eigenvalue weighted by molar-refractivity contribution is 0.0928. The summed E-state index contributed by atoms with van der Waals surface area (Å²) >= 11 is 0. The number of hydrogen-bond acceptors (Lipinski definition) is 5. The van der Waals surface area contributed by atoms with E-state index in [4.69, 9.17) is 0 Å². The number of H-pyrrole nitrogens is 1. The first kappa shape index (κ1) is 17.3. The van der Waals surface area contributed by atoms with Crippen LogP contribution in [0.1, 0.15) is 48.3 Å². The summed E-state index contributed by atoms with van der Waals surface area (Å²) in [6.45, 7) is 6.76. The van der Waals surface area contributed by atoms with Gasteiger partial charge in [0, 0.05) is 38.3 Å². The van der Waals surface area contributed by atoms with Gasteiger partial charge in [0.15, 0.2) is 5.82 Å². The zero-order valence-electron chi connectivity index (χ0n) is 14.6. The minimum atomic E-state index is -0.231. The number of aromatic nitrogens is 4. The average Bonchev–Trinajstić information content (AvgIpc) is 2.83. The van der Waals surface area contributed by atoms with Crippen LogP contribution < -0.4 is 16.2 Å². The summed E-state index contributed by atoms with van der Waals surface area (Å²) in [4.78, 5) is 26.3. The molecule has 2 aromatic rings. The molecule has 0 fully saturated rings. The van der Waals surface area contributed by atoms with Crippen LogP contribution in [0.3, 0.4) is 0 Å². The number of nitrogens with one attached hydrogen (secondary N) is 3. The first-order chi connectivity index (χ1) is 12.0. The largest absolute Gasteiger partial charge is 0.342 e. The topological polar surface area (TPSA) is 105 Å². The third-order valence-electron chi connectivity index (χ3n) is 4.26. The van der Waals surface area contributed by atoms with Gasteiger partial charge < -0.3 is 20.2 Å². The molecule has 0 saturated carbocycles. The molecule has 8 heteroatoms. The van der Waals surface area contributed by atoms with Gasteiger partial charge in [-0.25, -0.2) is 0 Å². The highest BCUT2D eigenvalue weighted by molar-refractivity contribution is 5.94. The first-order valence-corrected chi connectivity index (χ1v) is 8.67. The lowest BCUT2D eigenvalue weighted by atomic mass is 10.0. The highest BCUT2D eigenvalue weighted by atomic mass is 16.2.